The van der Waals surface area contributed by atoms with Gasteiger partial charge in [0.25, 0.3) is 0 Å². The quantitative estimate of drug-likeness (QED) is 0.567. The lowest BCUT2D eigenvalue weighted by Crippen LogP contribution is -2.25. The summed E-state index contributed by atoms with van der Waals surface area (Å²) in [6.07, 6.45) is 5.92. The molecule has 0 aliphatic carbocycles. The van der Waals surface area contributed by atoms with Gasteiger partial charge < -0.3 is 14.6 Å². The Hall–Kier alpha value is -3.87. The molecule has 3 aromatic heterocycles. The maximum Gasteiger partial charge on any atom is 0.226 e. The number of carbonyl (C=O) groups is 1. The van der Waals surface area contributed by atoms with Crippen molar-refractivity contribution in [3.8, 4) is 22.7 Å². The molecule has 30 heavy (non-hydrogen) atoms. The van der Waals surface area contributed by atoms with E-state index in [0.717, 1.165) is 39.8 Å². The van der Waals surface area contributed by atoms with Gasteiger partial charge in [-0.05, 0) is 48.5 Å². The van der Waals surface area contributed by atoms with Crippen molar-refractivity contribution < 1.29 is 9.53 Å². The number of aryl methyl sites for hydroxylation is 1. The van der Waals surface area contributed by atoms with Gasteiger partial charge in [-0.15, -0.1) is 0 Å². The molecule has 1 N–H and O–H groups in total. The number of rotatable bonds is 4. The summed E-state index contributed by atoms with van der Waals surface area (Å²) < 4.78 is 9.14. The molecule has 0 fully saturated rings. The molecule has 4 aromatic rings. The zero-order valence-electron chi connectivity index (χ0n) is 16.7. The zero-order chi connectivity index (χ0) is 20.7. The van der Waals surface area contributed by atoms with Crippen molar-refractivity contribution in [3.05, 3.63) is 78.4 Å². The minimum absolute atomic E-state index is 0.0179. The Kier molecular flexibility index (Phi) is 4.35. The van der Waals surface area contributed by atoms with Crippen LogP contribution in [0.5, 0.6) is 5.75 Å². The summed E-state index contributed by atoms with van der Waals surface area (Å²) in [6.45, 7) is 0. The summed E-state index contributed by atoms with van der Waals surface area (Å²) in [6, 6.07) is 15.9. The van der Waals surface area contributed by atoms with Crippen LogP contribution in [0.2, 0.25) is 0 Å². The summed E-state index contributed by atoms with van der Waals surface area (Å²) in [5.74, 6) is 1.39. The van der Waals surface area contributed by atoms with Crippen molar-refractivity contribution in [1.29, 1.82) is 0 Å². The number of ether oxygens (including phenoxy) is 1. The van der Waals surface area contributed by atoms with Crippen LogP contribution in [0.15, 0.2) is 67.1 Å². The van der Waals surface area contributed by atoms with Crippen molar-refractivity contribution in [3.63, 3.8) is 0 Å². The lowest BCUT2D eigenvalue weighted by Gasteiger charge is -2.25. The first-order valence-corrected chi connectivity index (χ1v) is 9.74. The van der Waals surface area contributed by atoms with E-state index in [-0.39, 0.29) is 11.8 Å². The third-order valence-electron chi connectivity index (χ3n) is 5.50. The van der Waals surface area contributed by atoms with Crippen molar-refractivity contribution in [1.82, 2.24) is 19.3 Å². The molecule has 7 nitrogen and oxygen atoms in total. The molecule has 1 aromatic carbocycles. The predicted octanol–water partition coefficient (Wildman–Crippen LogP) is 3.76. The van der Waals surface area contributed by atoms with Crippen LogP contribution in [0.25, 0.3) is 16.9 Å². The van der Waals surface area contributed by atoms with Gasteiger partial charge in [-0.3, -0.25) is 14.5 Å². The maximum atomic E-state index is 12.6. The van der Waals surface area contributed by atoms with Gasteiger partial charge in [0.2, 0.25) is 5.91 Å². The molecule has 0 spiro atoms. The number of anilines is 1. The average molecular weight is 399 g/mol. The Morgan fingerprint density at radius 2 is 1.97 bits per heavy atom. The summed E-state index contributed by atoms with van der Waals surface area (Å²) >= 11 is 0. The summed E-state index contributed by atoms with van der Waals surface area (Å²) in [5, 5.41) is 7.72. The first kappa shape index (κ1) is 18.2. The molecule has 1 amide bonds. The van der Waals surface area contributed by atoms with Gasteiger partial charge in [-0.2, -0.15) is 5.10 Å². The number of carbonyl (C=O) groups excluding carboxylic acids is 1. The Balaban J connectivity index is 1.66. The number of nitrogens with one attached hydrogen (secondary N) is 1. The van der Waals surface area contributed by atoms with Crippen LogP contribution in [-0.2, 0) is 11.8 Å². The van der Waals surface area contributed by atoms with Gasteiger partial charge in [0.05, 0.1) is 12.8 Å². The molecule has 0 bridgehead atoms. The molecule has 5 rings (SSSR count). The van der Waals surface area contributed by atoms with E-state index in [0.29, 0.717) is 6.42 Å². The van der Waals surface area contributed by atoms with E-state index in [9.17, 15) is 4.79 Å². The fraction of sp³-hybridized carbons (Fsp3) is 0.174. The average Bonchev–Trinajstić information content (AvgIpc) is 3.39. The molecule has 4 heterocycles. The Morgan fingerprint density at radius 1 is 1.13 bits per heavy atom. The highest BCUT2D eigenvalue weighted by Gasteiger charge is 2.34. The first-order chi connectivity index (χ1) is 14.7. The molecule has 1 aliphatic rings. The van der Waals surface area contributed by atoms with Gasteiger partial charge in [-0.25, -0.2) is 0 Å². The van der Waals surface area contributed by atoms with Crippen molar-refractivity contribution >= 4 is 11.7 Å². The van der Waals surface area contributed by atoms with Crippen LogP contribution in [0, 0.1) is 0 Å². The number of aromatic nitrogens is 4. The van der Waals surface area contributed by atoms with E-state index in [1.807, 2.05) is 55.7 Å². The van der Waals surface area contributed by atoms with Crippen LogP contribution in [0.4, 0.5) is 5.82 Å². The SMILES string of the molecule is COc1ccc(-n2cccc2C2CC(=O)Nc3c2c(-c2cccnc2)nn3C)cc1. The number of pyridine rings is 1. The molecular formula is C23H21N5O2. The highest BCUT2D eigenvalue weighted by atomic mass is 16.5. The molecule has 7 heteroatoms. The fourth-order valence-electron chi connectivity index (χ4n) is 4.11. The second kappa shape index (κ2) is 7.18. The van der Waals surface area contributed by atoms with Crippen LogP contribution in [0.1, 0.15) is 23.6 Å². The number of hydrogen-bond acceptors (Lipinski definition) is 4. The van der Waals surface area contributed by atoms with Gasteiger partial charge in [0.15, 0.2) is 0 Å². The second-order valence-corrected chi connectivity index (χ2v) is 7.28. The molecular weight excluding hydrogens is 378 g/mol. The fourth-order valence-corrected chi connectivity index (χ4v) is 4.11. The topological polar surface area (TPSA) is 74.0 Å². The van der Waals surface area contributed by atoms with E-state index in [4.69, 9.17) is 9.84 Å². The third-order valence-corrected chi connectivity index (χ3v) is 5.50. The van der Waals surface area contributed by atoms with E-state index >= 15 is 0 Å². The van der Waals surface area contributed by atoms with Crippen molar-refractivity contribution in [2.75, 3.05) is 12.4 Å². The summed E-state index contributed by atoms with van der Waals surface area (Å²) in [4.78, 5) is 16.8. The first-order valence-electron chi connectivity index (χ1n) is 9.74. The number of fused-ring (bicyclic) bond motifs is 1. The van der Waals surface area contributed by atoms with E-state index in [1.54, 1.807) is 24.2 Å². The van der Waals surface area contributed by atoms with E-state index in [2.05, 4.69) is 20.9 Å². The standard InChI is InChI=1S/C23H21N5O2/c1-27-23-21(22(26-27)15-5-3-11-24-14-15)18(13-20(29)25-23)19-6-4-12-28(19)16-7-9-17(30-2)10-8-16/h3-12,14,18H,13H2,1-2H3,(H,25,29). The molecule has 0 saturated heterocycles. The number of methoxy groups -OCH3 is 1. The minimum atomic E-state index is -0.130. The zero-order valence-corrected chi connectivity index (χ0v) is 16.7. The second-order valence-electron chi connectivity index (χ2n) is 7.28. The lowest BCUT2D eigenvalue weighted by atomic mass is 9.87. The number of benzene rings is 1. The summed E-state index contributed by atoms with van der Waals surface area (Å²) in [7, 11) is 3.50. The van der Waals surface area contributed by atoms with Crippen LogP contribution in [-0.4, -0.2) is 32.3 Å². The molecule has 1 atom stereocenters. The van der Waals surface area contributed by atoms with Gasteiger partial charge in [0, 0.05) is 60.5 Å². The molecule has 150 valence electrons. The maximum absolute atomic E-state index is 12.6. The van der Waals surface area contributed by atoms with Gasteiger partial charge >= 0.3 is 0 Å². The minimum Gasteiger partial charge on any atom is -0.497 e. The monoisotopic (exact) mass is 399 g/mol. The van der Waals surface area contributed by atoms with Crippen molar-refractivity contribution in [2.45, 2.75) is 12.3 Å². The third kappa shape index (κ3) is 2.95. The van der Waals surface area contributed by atoms with Crippen molar-refractivity contribution in [2.24, 2.45) is 7.05 Å². The molecule has 1 aliphatic heterocycles. The number of amides is 1. The lowest BCUT2D eigenvalue weighted by molar-refractivity contribution is -0.116. The highest BCUT2D eigenvalue weighted by Crippen LogP contribution is 2.43. The van der Waals surface area contributed by atoms with Gasteiger partial charge in [0.1, 0.15) is 11.6 Å². The number of hydrogen-bond donors (Lipinski definition) is 1. The predicted molar refractivity (Wildman–Crippen MR) is 114 cm³/mol. The Morgan fingerprint density at radius 3 is 2.70 bits per heavy atom. The Bertz CT molecular complexity index is 1210. The summed E-state index contributed by atoms with van der Waals surface area (Å²) in [5.41, 5.74) is 4.83. The van der Waals surface area contributed by atoms with Crippen LogP contribution >= 0.6 is 0 Å². The highest BCUT2D eigenvalue weighted by molar-refractivity contribution is 5.96. The van der Waals surface area contributed by atoms with Gasteiger partial charge in [-0.1, -0.05) is 0 Å². The molecule has 0 radical (unpaired) electrons. The molecule has 1 unspecified atom stereocenters. The van der Waals surface area contributed by atoms with E-state index < -0.39 is 0 Å². The number of nitrogens with zero attached hydrogens (tertiary/aromatic N) is 4. The van der Waals surface area contributed by atoms with Crippen LogP contribution < -0.4 is 10.1 Å². The molecule has 0 saturated carbocycles. The largest absolute Gasteiger partial charge is 0.497 e. The normalized spacial score (nSPS) is 15.5. The van der Waals surface area contributed by atoms with Crippen LogP contribution in [0.3, 0.4) is 0 Å². The van der Waals surface area contributed by atoms with E-state index in [1.165, 1.54) is 0 Å². The Labute approximate surface area is 173 Å². The smallest absolute Gasteiger partial charge is 0.226 e.